The SMILES string of the molecule is Cc1c(C=CC(=O)c2cccc(OC(F)F)c2)cnn1C. The van der Waals surface area contributed by atoms with Crippen molar-refractivity contribution in [2.24, 2.45) is 7.05 Å². The Balaban J connectivity index is 2.15. The van der Waals surface area contributed by atoms with Gasteiger partial charge in [-0.3, -0.25) is 9.48 Å². The van der Waals surface area contributed by atoms with Crippen molar-refractivity contribution in [3.63, 3.8) is 0 Å². The van der Waals surface area contributed by atoms with Crippen molar-refractivity contribution in [2.45, 2.75) is 13.5 Å². The van der Waals surface area contributed by atoms with Gasteiger partial charge in [-0.25, -0.2) is 0 Å². The highest BCUT2D eigenvalue weighted by molar-refractivity contribution is 6.07. The van der Waals surface area contributed by atoms with Crippen LogP contribution in [0.4, 0.5) is 8.78 Å². The lowest BCUT2D eigenvalue weighted by Gasteiger charge is -2.04. The lowest BCUT2D eigenvalue weighted by Crippen LogP contribution is -2.03. The van der Waals surface area contributed by atoms with Gasteiger partial charge in [-0.05, 0) is 31.2 Å². The molecule has 0 unspecified atom stereocenters. The molecule has 6 heteroatoms. The molecule has 0 radical (unpaired) electrons. The number of benzene rings is 1. The van der Waals surface area contributed by atoms with E-state index >= 15 is 0 Å². The van der Waals surface area contributed by atoms with Gasteiger partial charge >= 0.3 is 6.61 Å². The fourth-order valence-corrected chi connectivity index (χ4v) is 1.77. The van der Waals surface area contributed by atoms with Gasteiger partial charge < -0.3 is 4.74 Å². The van der Waals surface area contributed by atoms with Gasteiger partial charge in [0.1, 0.15) is 5.75 Å². The van der Waals surface area contributed by atoms with Gasteiger partial charge in [0.05, 0.1) is 6.20 Å². The molecule has 0 saturated carbocycles. The van der Waals surface area contributed by atoms with Crippen molar-refractivity contribution < 1.29 is 18.3 Å². The molecular weight excluding hydrogens is 278 g/mol. The third kappa shape index (κ3) is 3.75. The van der Waals surface area contributed by atoms with Crippen LogP contribution in [0.5, 0.6) is 5.75 Å². The number of hydrogen-bond acceptors (Lipinski definition) is 3. The van der Waals surface area contributed by atoms with E-state index in [1.165, 1.54) is 24.3 Å². The normalized spacial score (nSPS) is 11.3. The monoisotopic (exact) mass is 292 g/mol. The van der Waals surface area contributed by atoms with Gasteiger partial charge in [0.2, 0.25) is 0 Å². The molecule has 0 saturated heterocycles. The van der Waals surface area contributed by atoms with Gasteiger partial charge in [-0.1, -0.05) is 12.1 Å². The van der Waals surface area contributed by atoms with Crippen LogP contribution in [0.25, 0.3) is 6.08 Å². The zero-order valence-corrected chi connectivity index (χ0v) is 11.6. The Labute approximate surface area is 120 Å². The van der Waals surface area contributed by atoms with E-state index in [1.54, 1.807) is 30.1 Å². The van der Waals surface area contributed by atoms with Crippen LogP contribution in [-0.2, 0) is 7.05 Å². The molecule has 0 aliphatic rings. The maximum atomic E-state index is 12.1. The number of alkyl halides is 2. The zero-order valence-electron chi connectivity index (χ0n) is 11.6. The summed E-state index contributed by atoms with van der Waals surface area (Å²) in [6.07, 6.45) is 4.67. The van der Waals surface area contributed by atoms with Gasteiger partial charge in [-0.15, -0.1) is 0 Å². The highest BCUT2D eigenvalue weighted by Gasteiger charge is 2.08. The van der Waals surface area contributed by atoms with Crippen molar-refractivity contribution in [3.8, 4) is 5.75 Å². The van der Waals surface area contributed by atoms with E-state index < -0.39 is 6.61 Å². The van der Waals surface area contributed by atoms with Crippen LogP contribution in [0.1, 0.15) is 21.6 Å². The van der Waals surface area contributed by atoms with Crippen molar-refractivity contribution in [1.82, 2.24) is 9.78 Å². The Morgan fingerprint density at radius 1 is 1.43 bits per heavy atom. The smallest absolute Gasteiger partial charge is 0.387 e. The van der Waals surface area contributed by atoms with Crippen LogP contribution in [-0.4, -0.2) is 22.2 Å². The summed E-state index contributed by atoms with van der Waals surface area (Å²) in [7, 11) is 1.81. The second kappa shape index (κ2) is 6.30. The van der Waals surface area contributed by atoms with E-state index in [4.69, 9.17) is 0 Å². The Bertz CT molecular complexity index is 678. The van der Waals surface area contributed by atoms with Crippen LogP contribution in [0, 0.1) is 6.92 Å². The average molecular weight is 292 g/mol. The largest absolute Gasteiger partial charge is 0.435 e. The first-order valence-corrected chi connectivity index (χ1v) is 6.23. The zero-order chi connectivity index (χ0) is 15.4. The lowest BCUT2D eigenvalue weighted by atomic mass is 10.1. The quantitative estimate of drug-likeness (QED) is 0.628. The summed E-state index contributed by atoms with van der Waals surface area (Å²) in [5.74, 6) is -0.334. The molecule has 110 valence electrons. The van der Waals surface area contributed by atoms with E-state index in [2.05, 4.69) is 9.84 Å². The molecule has 1 heterocycles. The van der Waals surface area contributed by atoms with Crippen LogP contribution < -0.4 is 4.74 Å². The number of nitrogens with zero attached hydrogens (tertiary/aromatic N) is 2. The van der Waals surface area contributed by atoms with Crippen LogP contribution >= 0.6 is 0 Å². The molecule has 0 atom stereocenters. The fraction of sp³-hybridized carbons (Fsp3) is 0.200. The highest BCUT2D eigenvalue weighted by Crippen LogP contribution is 2.17. The number of halogens is 2. The fourth-order valence-electron chi connectivity index (χ4n) is 1.77. The molecule has 1 aromatic heterocycles. The summed E-state index contributed by atoms with van der Waals surface area (Å²) in [6.45, 7) is -1.03. The molecular formula is C15H14F2N2O2. The number of carbonyl (C=O) groups excluding carboxylic acids is 1. The minimum atomic E-state index is -2.91. The van der Waals surface area contributed by atoms with Crippen molar-refractivity contribution in [3.05, 3.63) is 53.4 Å². The standard InChI is InChI=1S/C15H14F2N2O2/c1-10-12(9-18-19(10)2)6-7-14(20)11-4-3-5-13(8-11)21-15(16)17/h3-9,15H,1-2H3. The average Bonchev–Trinajstić information content (AvgIpc) is 2.76. The number of ketones is 1. The predicted octanol–water partition coefficient (Wildman–Crippen LogP) is 3.23. The molecule has 0 fully saturated rings. The van der Waals surface area contributed by atoms with Crippen LogP contribution in [0.2, 0.25) is 0 Å². The topological polar surface area (TPSA) is 44.1 Å². The number of hydrogen-bond donors (Lipinski definition) is 0. The van der Waals surface area contributed by atoms with Crippen LogP contribution in [0.15, 0.2) is 36.5 Å². The molecule has 0 N–H and O–H groups in total. The molecule has 2 aromatic rings. The minimum Gasteiger partial charge on any atom is -0.435 e. The molecule has 0 amide bonds. The molecule has 21 heavy (non-hydrogen) atoms. The molecule has 4 nitrogen and oxygen atoms in total. The minimum absolute atomic E-state index is 0.0400. The number of carbonyl (C=O) groups is 1. The first-order valence-electron chi connectivity index (χ1n) is 6.23. The Hall–Kier alpha value is -2.50. The Kier molecular flexibility index (Phi) is 4.47. The molecule has 2 rings (SSSR count). The number of allylic oxidation sites excluding steroid dienone is 1. The maximum absolute atomic E-state index is 12.1. The first kappa shape index (κ1) is 14.9. The van der Waals surface area contributed by atoms with Crippen LogP contribution in [0.3, 0.4) is 0 Å². The second-order valence-electron chi connectivity index (χ2n) is 4.41. The first-order chi connectivity index (χ1) is 9.97. The van der Waals surface area contributed by atoms with Gasteiger partial charge in [-0.2, -0.15) is 13.9 Å². The molecule has 0 aliphatic heterocycles. The van der Waals surface area contributed by atoms with E-state index in [0.29, 0.717) is 0 Å². The van der Waals surface area contributed by atoms with E-state index in [9.17, 15) is 13.6 Å². The summed E-state index contributed by atoms with van der Waals surface area (Å²) >= 11 is 0. The third-order valence-electron chi connectivity index (χ3n) is 3.03. The Morgan fingerprint density at radius 2 is 2.19 bits per heavy atom. The molecule has 1 aromatic carbocycles. The summed E-state index contributed by atoms with van der Waals surface area (Å²) in [6, 6.07) is 5.70. The maximum Gasteiger partial charge on any atom is 0.387 e. The van der Waals surface area contributed by atoms with Crippen molar-refractivity contribution in [2.75, 3.05) is 0 Å². The number of aryl methyl sites for hydroxylation is 1. The van der Waals surface area contributed by atoms with Gasteiger partial charge in [0, 0.05) is 23.9 Å². The Morgan fingerprint density at radius 3 is 2.81 bits per heavy atom. The van der Waals surface area contributed by atoms with Gasteiger partial charge in [0.25, 0.3) is 0 Å². The third-order valence-corrected chi connectivity index (χ3v) is 3.03. The highest BCUT2D eigenvalue weighted by atomic mass is 19.3. The summed E-state index contributed by atoms with van der Waals surface area (Å²) in [4.78, 5) is 12.0. The van der Waals surface area contributed by atoms with Crippen molar-refractivity contribution in [1.29, 1.82) is 0 Å². The second-order valence-corrected chi connectivity index (χ2v) is 4.41. The van der Waals surface area contributed by atoms with Gasteiger partial charge in [0.15, 0.2) is 5.78 Å². The number of aromatic nitrogens is 2. The summed E-state index contributed by atoms with van der Waals surface area (Å²) < 4.78 is 30.2. The van der Waals surface area contributed by atoms with E-state index in [-0.39, 0.29) is 17.1 Å². The number of rotatable bonds is 5. The lowest BCUT2D eigenvalue weighted by molar-refractivity contribution is -0.0498. The summed E-state index contributed by atoms with van der Waals surface area (Å²) in [5, 5.41) is 4.06. The summed E-state index contributed by atoms with van der Waals surface area (Å²) in [5.41, 5.74) is 2.03. The van der Waals surface area contributed by atoms with E-state index in [0.717, 1.165) is 11.3 Å². The molecule has 0 spiro atoms. The van der Waals surface area contributed by atoms with Crippen molar-refractivity contribution >= 4 is 11.9 Å². The number of ether oxygens (including phenoxy) is 1. The molecule has 0 bridgehead atoms. The predicted molar refractivity (Wildman–Crippen MR) is 74.4 cm³/mol. The van der Waals surface area contributed by atoms with E-state index in [1.807, 2.05) is 6.92 Å². The molecule has 0 aliphatic carbocycles.